The summed E-state index contributed by atoms with van der Waals surface area (Å²) in [6.07, 6.45) is 2.44. The van der Waals surface area contributed by atoms with Crippen LogP contribution in [0.25, 0.3) is 0 Å². The van der Waals surface area contributed by atoms with E-state index in [2.05, 4.69) is 69.0 Å². The first-order valence-corrected chi connectivity index (χ1v) is 10.3. The number of guanidine groups is 1. The van der Waals surface area contributed by atoms with Crippen molar-refractivity contribution >= 4 is 5.96 Å². The second kappa shape index (κ2) is 11.7. The molecule has 0 amide bonds. The highest BCUT2D eigenvalue weighted by Crippen LogP contribution is 2.14. The third kappa shape index (κ3) is 8.91. The van der Waals surface area contributed by atoms with Gasteiger partial charge in [0, 0.05) is 44.8 Å². The van der Waals surface area contributed by atoms with E-state index in [1.807, 2.05) is 0 Å². The Labute approximate surface area is 156 Å². The van der Waals surface area contributed by atoms with Crippen molar-refractivity contribution in [2.24, 2.45) is 16.8 Å². The van der Waals surface area contributed by atoms with Gasteiger partial charge in [0.05, 0.1) is 6.54 Å². The molecule has 2 N–H and O–H groups in total. The highest BCUT2D eigenvalue weighted by atomic mass is 15.3. The van der Waals surface area contributed by atoms with Crippen LogP contribution >= 0.6 is 0 Å². The molecule has 0 aromatic rings. The Bertz CT molecular complexity index is 372. The number of hydrogen-bond acceptors (Lipinski definition) is 3. The van der Waals surface area contributed by atoms with E-state index in [0.29, 0.717) is 18.0 Å². The Balaban J connectivity index is 2.62. The van der Waals surface area contributed by atoms with Gasteiger partial charge < -0.3 is 15.5 Å². The standard InChI is InChI=1S/C20H43N5/c1-8-21-20(23-18(6)10-9-16(2)3)22-15-19(17(4)5)25-13-11-24(7)12-14-25/h16-19H,8-15H2,1-7H3,(H2,21,22,23). The van der Waals surface area contributed by atoms with Gasteiger partial charge in [0.2, 0.25) is 0 Å². The lowest BCUT2D eigenvalue weighted by Crippen LogP contribution is -2.52. The highest BCUT2D eigenvalue weighted by molar-refractivity contribution is 5.80. The van der Waals surface area contributed by atoms with E-state index in [1.54, 1.807) is 0 Å². The average molecular weight is 354 g/mol. The van der Waals surface area contributed by atoms with Crippen molar-refractivity contribution in [3.8, 4) is 0 Å². The predicted octanol–water partition coefficient (Wildman–Crippen LogP) is 2.64. The molecule has 0 aliphatic carbocycles. The lowest BCUT2D eigenvalue weighted by Gasteiger charge is -2.39. The van der Waals surface area contributed by atoms with Crippen LogP contribution in [0, 0.1) is 11.8 Å². The van der Waals surface area contributed by atoms with E-state index < -0.39 is 0 Å². The first-order valence-electron chi connectivity index (χ1n) is 10.3. The molecule has 5 nitrogen and oxygen atoms in total. The predicted molar refractivity (Wildman–Crippen MR) is 110 cm³/mol. The molecule has 1 saturated heterocycles. The third-order valence-electron chi connectivity index (χ3n) is 5.12. The molecular weight excluding hydrogens is 310 g/mol. The van der Waals surface area contributed by atoms with Crippen molar-refractivity contribution in [1.82, 2.24) is 20.4 Å². The molecule has 2 unspecified atom stereocenters. The minimum absolute atomic E-state index is 0.460. The van der Waals surface area contributed by atoms with Gasteiger partial charge in [-0.15, -0.1) is 0 Å². The molecule has 1 fully saturated rings. The fourth-order valence-electron chi connectivity index (χ4n) is 3.30. The molecule has 0 aromatic carbocycles. The Morgan fingerprint density at radius 1 is 1.00 bits per heavy atom. The summed E-state index contributed by atoms with van der Waals surface area (Å²) in [7, 11) is 2.21. The van der Waals surface area contributed by atoms with E-state index in [4.69, 9.17) is 4.99 Å². The van der Waals surface area contributed by atoms with Gasteiger partial charge in [-0.3, -0.25) is 9.89 Å². The molecule has 0 radical (unpaired) electrons. The van der Waals surface area contributed by atoms with Crippen LogP contribution in [0.15, 0.2) is 4.99 Å². The van der Waals surface area contributed by atoms with Crippen molar-refractivity contribution in [3.63, 3.8) is 0 Å². The molecule has 148 valence electrons. The first kappa shape index (κ1) is 22.2. The van der Waals surface area contributed by atoms with Gasteiger partial charge in [0.15, 0.2) is 5.96 Å². The van der Waals surface area contributed by atoms with E-state index in [1.165, 1.54) is 12.8 Å². The molecule has 1 heterocycles. The van der Waals surface area contributed by atoms with Crippen molar-refractivity contribution in [3.05, 3.63) is 0 Å². The zero-order valence-corrected chi connectivity index (χ0v) is 17.8. The monoisotopic (exact) mass is 353 g/mol. The van der Waals surface area contributed by atoms with Gasteiger partial charge in [0.1, 0.15) is 0 Å². The zero-order chi connectivity index (χ0) is 18.8. The molecule has 25 heavy (non-hydrogen) atoms. The smallest absolute Gasteiger partial charge is 0.191 e. The van der Waals surface area contributed by atoms with Crippen LogP contribution in [-0.4, -0.2) is 74.2 Å². The van der Waals surface area contributed by atoms with Crippen LogP contribution < -0.4 is 10.6 Å². The maximum atomic E-state index is 4.94. The Hall–Kier alpha value is -0.810. The van der Waals surface area contributed by atoms with Crippen molar-refractivity contribution in [1.29, 1.82) is 0 Å². The molecule has 1 aliphatic rings. The van der Waals surface area contributed by atoms with Crippen LogP contribution in [0.4, 0.5) is 0 Å². The number of likely N-dealkylation sites (N-methyl/N-ethyl adjacent to an activating group) is 1. The maximum Gasteiger partial charge on any atom is 0.191 e. The quantitative estimate of drug-likeness (QED) is 0.494. The molecule has 0 spiro atoms. The van der Waals surface area contributed by atoms with Gasteiger partial charge in [-0.2, -0.15) is 0 Å². The van der Waals surface area contributed by atoms with Crippen molar-refractivity contribution in [2.75, 3.05) is 46.3 Å². The number of rotatable bonds is 9. The average Bonchev–Trinajstić information content (AvgIpc) is 2.54. The minimum atomic E-state index is 0.460. The lowest BCUT2D eigenvalue weighted by atomic mass is 10.0. The SMILES string of the molecule is CCNC(=NCC(C(C)C)N1CCN(C)CC1)NC(C)CCC(C)C. The van der Waals surface area contributed by atoms with Crippen LogP contribution in [-0.2, 0) is 0 Å². The molecule has 0 aromatic heterocycles. The Kier molecular flexibility index (Phi) is 10.4. The summed E-state index contributed by atoms with van der Waals surface area (Å²) in [5.41, 5.74) is 0. The largest absolute Gasteiger partial charge is 0.357 e. The number of hydrogen-bond donors (Lipinski definition) is 2. The number of aliphatic imine (C=N–C) groups is 1. The Morgan fingerprint density at radius 3 is 2.16 bits per heavy atom. The third-order valence-corrected chi connectivity index (χ3v) is 5.12. The molecule has 0 bridgehead atoms. The summed E-state index contributed by atoms with van der Waals surface area (Å²) in [4.78, 5) is 9.98. The molecule has 5 heteroatoms. The molecule has 0 saturated carbocycles. The normalized spacial score (nSPS) is 20.1. The van der Waals surface area contributed by atoms with E-state index >= 15 is 0 Å². The van der Waals surface area contributed by atoms with Gasteiger partial charge >= 0.3 is 0 Å². The zero-order valence-electron chi connectivity index (χ0n) is 17.8. The van der Waals surface area contributed by atoms with Crippen LogP contribution in [0.3, 0.4) is 0 Å². The Morgan fingerprint density at radius 2 is 1.64 bits per heavy atom. The number of nitrogens with one attached hydrogen (secondary N) is 2. The topological polar surface area (TPSA) is 42.9 Å². The first-order chi connectivity index (χ1) is 11.8. The maximum absolute atomic E-state index is 4.94. The summed E-state index contributed by atoms with van der Waals surface area (Å²) >= 11 is 0. The number of nitrogens with zero attached hydrogens (tertiary/aromatic N) is 3. The summed E-state index contributed by atoms with van der Waals surface area (Å²) in [5, 5.41) is 7.01. The fourth-order valence-corrected chi connectivity index (χ4v) is 3.30. The molecule has 1 rings (SSSR count). The summed E-state index contributed by atoms with van der Waals surface area (Å²) in [6, 6.07) is 0.983. The number of piperazine rings is 1. The van der Waals surface area contributed by atoms with E-state index in [0.717, 1.165) is 51.1 Å². The summed E-state index contributed by atoms with van der Waals surface area (Å²) in [6.45, 7) is 20.0. The molecule has 2 atom stereocenters. The van der Waals surface area contributed by atoms with Crippen molar-refractivity contribution < 1.29 is 0 Å². The van der Waals surface area contributed by atoms with E-state index in [9.17, 15) is 0 Å². The summed E-state index contributed by atoms with van der Waals surface area (Å²) in [5.74, 6) is 2.35. The molecule has 1 aliphatic heterocycles. The van der Waals surface area contributed by atoms with Crippen LogP contribution in [0.2, 0.25) is 0 Å². The van der Waals surface area contributed by atoms with Crippen LogP contribution in [0.5, 0.6) is 0 Å². The highest BCUT2D eigenvalue weighted by Gasteiger charge is 2.24. The fraction of sp³-hybridized carbons (Fsp3) is 0.950. The van der Waals surface area contributed by atoms with Crippen LogP contribution in [0.1, 0.15) is 54.4 Å². The lowest BCUT2D eigenvalue weighted by molar-refractivity contribution is 0.0925. The minimum Gasteiger partial charge on any atom is -0.357 e. The van der Waals surface area contributed by atoms with Gasteiger partial charge in [-0.25, -0.2) is 0 Å². The van der Waals surface area contributed by atoms with Gasteiger partial charge in [0.25, 0.3) is 0 Å². The van der Waals surface area contributed by atoms with E-state index in [-0.39, 0.29) is 0 Å². The second-order valence-corrected chi connectivity index (χ2v) is 8.39. The van der Waals surface area contributed by atoms with Crippen molar-refractivity contribution in [2.45, 2.75) is 66.5 Å². The summed E-state index contributed by atoms with van der Waals surface area (Å²) < 4.78 is 0. The molecular formula is C20H43N5. The second-order valence-electron chi connectivity index (χ2n) is 8.39. The van der Waals surface area contributed by atoms with Gasteiger partial charge in [-0.05, 0) is 45.6 Å². The van der Waals surface area contributed by atoms with Gasteiger partial charge in [-0.1, -0.05) is 27.7 Å².